The van der Waals surface area contributed by atoms with Gasteiger partial charge in [0.2, 0.25) is 0 Å². The number of benzene rings is 2. The van der Waals surface area contributed by atoms with Crippen molar-refractivity contribution in [1.82, 2.24) is 10.3 Å². The molecule has 0 fully saturated rings. The van der Waals surface area contributed by atoms with Crippen LogP contribution in [0.2, 0.25) is 0 Å². The lowest BCUT2D eigenvalue weighted by Gasteiger charge is -2.06. The summed E-state index contributed by atoms with van der Waals surface area (Å²) < 4.78 is 14.4. The Hall–Kier alpha value is -2.47. The van der Waals surface area contributed by atoms with Crippen molar-refractivity contribution in [2.75, 3.05) is 5.32 Å². The van der Waals surface area contributed by atoms with E-state index in [2.05, 4.69) is 15.6 Å². The average Bonchev–Trinajstić information content (AvgIpc) is 2.88. The van der Waals surface area contributed by atoms with Crippen molar-refractivity contribution in [3.63, 3.8) is 0 Å². The number of hydrogen-bond donors (Lipinski definition) is 2. The second-order valence-corrected chi connectivity index (χ2v) is 5.42. The SMILES string of the molecule is O=C(NCc1ccccc1F)Nc1nc2ccccc2s1. The molecule has 0 bridgehead atoms. The molecule has 0 aliphatic rings. The molecule has 2 amide bonds. The fourth-order valence-electron chi connectivity index (χ4n) is 1.88. The van der Waals surface area contributed by atoms with Gasteiger partial charge in [0.15, 0.2) is 5.13 Å². The first kappa shape index (κ1) is 13.5. The summed E-state index contributed by atoms with van der Waals surface area (Å²) in [7, 11) is 0. The quantitative estimate of drug-likeness (QED) is 0.774. The second-order valence-electron chi connectivity index (χ2n) is 4.39. The topological polar surface area (TPSA) is 54.0 Å². The number of fused-ring (bicyclic) bond motifs is 1. The molecule has 6 heteroatoms. The maximum Gasteiger partial charge on any atom is 0.321 e. The Kier molecular flexibility index (Phi) is 3.79. The van der Waals surface area contributed by atoms with Gasteiger partial charge in [-0.2, -0.15) is 0 Å². The molecule has 4 nitrogen and oxygen atoms in total. The summed E-state index contributed by atoms with van der Waals surface area (Å²) >= 11 is 1.39. The zero-order valence-electron chi connectivity index (χ0n) is 11.0. The van der Waals surface area contributed by atoms with E-state index in [9.17, 15) is 9.18 Å². The predicted molar refractivity (Wildman–Crippen MR) is 81.9 cm³/mol. The van der Waals surface area contributed by atoms with E-state index in [1.807, 2.05) is 24.3 Å². The molecule has 0 radical (unpaired) electrons. The van der Waals surface area contributed by atoms with Crippen LogP contribution in [0.25, 0.3) is 10.2 Å². The second kappa shape index (κ2) is 5.88. The number of aromatic nitrogens is 1. The highest BCUT2D eigenvalue weighted by Gasteiger charge is 2.08. The van der Waals surface area contributed by atoms with E-state index >= 15 is 0 Å². The number of carbonyl (C=O) groups is 1. The summed E-state index contributed by atoms with van der Waals surface area (Å²) in [4.78, 5) is 16.1. The largest absolute Gasteiger partial charge is 0.334 e. The minimum atomic E-state index is -0.405. The summed E-state index contributed by atoms with van der Waals surface area (Å²) in [6, 6.07) is 13.6. The molecule has 3 aromatic rings. The Morgan fingerprint density at radius 3 is 2.71 bits per heavy atom. The third-order valence-electron chi connectivity index (χ3n) is 2.91. The number of hydrogen-bond acceptors (Lipinski definition) is 3. The first-order chi connectivity index (χ1) is 10.2. The molecule has 0 aliphatic heterocycles. The van der Waals surface area contributed by atoms with Gasteiger partial charge in [-0.05, 0) is 18.2 Å². The minimum absolute atomic E-state index is 0.128. The highest BCUT2D eigenvalue weighted by atomic mass is 32.1. The fourth-order valence-corrected chi connectivity index (χ4v) is 2.75. The lowest BCUT2D eigenvalue weighted by molar-refractivity contribution is 0.251. The van der Waals surface area contributed by atoms with E-state index in [1.54, 1.807) is 18.2 Å². The van der Waals surface area contributed by atoms with Crippen LogP contribution in [0.5, 0.6) is 0 Å². The summed E-state index contributed by atoms with van der Waals surface area (Å²) in [6.07, 6.45) is 0. The van der Waals surface area contributed by atoms with E-state index in [0.717, 1.165) is 10.2 Å². The molecule has 21 heavy (non-hydrogen) atoms. The van der Waals surface area contributed by atoms with Gasteiger partial charge in [-0.15, -0.1) is 0 Å². The molecule has 0 unspecified atom stereocenters. The van der Waals surface area contributed by atoms with E-state index in [1.165, 1.54) is 17.4 Å². The predicted octanol–water partition coefficient (Wildman–Crippen LogP) is 3.76. The number of urea groups is 1. The van der Waals surface area contributed by atoms with Crippen LogP contribution in [0.1, 0.15) is 5.56 Å². The molecule has 0 saturated heterocycles. The fraction of sp³-hybridized carbons (Fsp3) is 0.0667. The molecule has 2 aromatic carbocycles. The summed E-state index contributed by atoms with van der Waals surface area (Å²) in [5, 5.41) is 5.78. The first-order valence-corrected chi connectivity index (χ1v) is 7.18. The van der Waals surface area contributed by atoms with Crippen molar-refractivity contribution in [3.8, 4) is 0 Å². The Labute approximate surface area is 124 Å². The Bertz CT molecular complexity index is 754. The van der Waals surface area contributed by atoms with Gasteiger partial charge in [-0.3, -0.25) is 5.32 Å². The number of rotatable bonds is 3. The third kappa shape index (κ3) is 3.17. The molecule has 3 rings (SSSR count). The number of anilines is 1. The summed E-state index contributed by atoms with van der Waals surface area (Å²) in [5.41, 5.74) is 1.28. The van der Waals surface area contributed by atoms with Crippen LogP contribution in [-0.4, -0.2) is 11.0 Å². The molecule has 0 atom stereocenters. The normalized spacial score (nSPS) is 10.5. The highest BCUT2D eigenvalue weighted by molar-refractivity contribution is 7.22. The average molecular weight is 301 g/mol. The Morgan fingerprint density at radius 2 is 1.90 bits per heavy atom. The number of carbonyl (C=O) groups excluding carboxylic acids is 1. The molecule has 0 spiro atoms. The summed E-state index contributed by atoms with van der Waals surface area (Å²) in [6.45, 7) is 0.128. The molecule has 2 N–H and O–H groups in total. The first-order valence-electron chi connectivity index (χ1n) is 6.36. The van der Waals surface area contributed by atoms with E-state index < -0.39 is 6.03 Å². The van der Waals surface area contributed by atoms with Crippen molar-refractivity contribution in [3.05, 3.63) is 59.9 Å². The number of nitrogens with zero attached hydrogens (tertiary/aromatic N) is 1. The van der Waals surface area contributed by atoms with E-state index in [4.69, 9.17) is 0 Å². The van der Waals surface area contributed by atoms with Crippen molar-refractivity contribution in [1.29, 1.82) is 0 Å². The number of amides is 2. The Balaban J connectivity index is 1.62. The van der Waals surface area contributed by atoms with Gasteiger partial charge in [-0.1, -0.05) is 41.7 Å². The van der Waals surface area contributed by atoms with Crippen molar-refractivity contribution in [2.45, 2.75) is 6.54 Å². The van der Waals surface area contributed by atoms with Gasteiger partial charge < -0.3 is 5.32 Å². The van der Waals surface area contributed by atoms with Gasteiger partial charge >= 0.3 is 6.03 Å². The van der Waals surface area contributed by atoms with Crippen LogP contribution in [0.3, 0.4) is 0 Å². The third-order valence-corrected chi connectivity index (χ3v) is 3.86. The molecule has 0 saturated carbocycles. The maximum atomic E-state index is 13.4. The zero-order valence-corrected chi connectivity index (χ0v) is 11.8. The molecule has 106 valence electrons. The molecule has 1 aromatic heterocycles. The molecular weight excluding hydrogens is 289 g/mol. The van der Waals surface area contributed by atoms with Crippen molar-refractivity contribution in [2.24, 2.45) is 0 Å². The smallest absolute Gasteiger partial charge is 0.321 e. The van der Waals surface area contributed by atoms with Gasteiger partial charge in [0, 0.05) is 12.1 Å². The van der Waals surface area contributed by atoms with Crippen LogP contribution >= 0.6 is 11.3 Å². The van der Waals surface area contributed by atoms with Crippen LogP contribution in [0, 0.1) is 5.82 Å². The van der Waals surface area contributed by atoms with Gasteiger partial charge in [0.25, 0.3) is 0 Å². The number of para-hydroxylation sites is 1. The highest BCUT2D eigenvalue weighted by Crippen LogP contribution is 2.25. The molecule has 1 heterocycles. The lowest BCUT2D eigenvalue weighted by Crippen LogP contribution is -2.28. The van der Waals surface area contributed by atoms with Crippen LogP contribution < -0.4 is 10.6 Å². The van der Waals surface area contributed by atoms with Gasteiger partial charge in [-0.25, -0.2) is 14.2 Å². The van der Waals surface area contributed by atoms with Crippen molar-refractivity contribution < 1.29 is 9.18 Å². The van der Waals surface area contributed by atoms with Crippen LogP contribution in [0.15, 0.2) is 48.5 Å². The lowest BCUT2D eigenvalue weighted by atomic mass is 10.2. The van der Waals surface area contributed by atoms with E-state index in [-0.39, 0.29) is 12.4 Å². The Morgan fingerprint density at radius 1 is 1.14 bits per heavy atom. The summed E-state index contributed by atoms with van der Waals surface area (Å²) in [5.74, 6) is -0.335. The van der Waals surface area contributed by atoms with E-state index in [0.29, 0.717) is 10.7 Å². The maximum absolute atomic E-state index is 13.4. The van der Waals surface area contributed by atoms with Crippen LogP contribution in [0.4, 0.5) is 14.3 Å². The van der Waals surface area contributed by atoms with Crippen LogP contribution in [-0.2, 0) is 6.54 Å². The number of thiazole rings is 1. The molecular formula is C15H12FN3OS. The monoisotopic (exact) mass is 301 g/mol. The van der Waals surface area contributed by atoms with Gasteiger partial charge in [0.05, 0.1) is 10.2 Å². The number of halogens is 1. The minimum Gasteiger partial charge on any atom is -0.334 e. The van der Waals surface area contributed by atoms with Crippen molar-refractivity contribution >= 4 is 32.7 Å². The van der Waals surface area contributed by atoms with Gasteiger partial charge in [0.1, 0.15) is 5.82 Å². The standard InChI is InChI=1S/C15H12FN3OS/c16-11-6-2-1-5-10(11)9-17-14(20)19-15-18-12-7-3-4-8-13(12)21-15/h1-8H,9H2,(H2,17,18,19,20). The molecule has 0 aliphatic carbocycles. The zero-order chi connectivity index (χ0) is 14.7. The number of nitrogens with one attached hydrogen (secondary N) is 2.